The van der Waals surface area contributed by atoms with Crippen LogP contribution in [-0.2, 0) is 12.1 Å². The topological polar surface area (TPSA) is 43.8 Å². The van der Waals surface area contributed by atoms with Gasteiger partial charge in [0.05, 0.1) is 16.6 Å². The van der Waals surface area contributed by atoms with E-state index in [9.17, 15) is 0 Å². The van der Waals surface area contributed by atoms with E-state index >= 15 is 0 Å². The van der Waals surface area contributed by atoms with Gasteiger partial charge in [0, 0.05) is 6.54 Å². The van der Waals surface area contributed by atoms with E-state index in [1.165, 1.54) is 30.3 Å². The zero-order valence-electron chi connectivity index (χ0n) is 11.9. The standard InChI is InChI=1S/C16H23N3/c1-3-19-14-8-7-12(2)11-13(14)18-15(19)16(17)9-5-4-6-10-16/h7-8,11H,3-6,9-10,17H2,1-2H3. The average Bonchev–Trinajstić information content (AvgIpc) is 2.78. The maximum absolute atomic E-state index is 6.68. The van der Waals surface area contributed by atoms with E-state index in [0.29, 0.717) is 0 Å². The van der Waals surface area contributed by atoms with Crippen molar-refractivity contribution in [2.24, 2.45) is 5.73 Å². The van der Waals surface area contributed by atoms with Crippen LogP contribution >= 0.6 is 0 Å². The Morgan fingerprint density at radius 1 is 1.26 bits per heavy atom. The van der Waals surface area contributed by atoms with Crippen LogP contribution in [0.4, 0.5) is 0 Å². The first-order valence-corrected chi connectivity index (χ1v) is 7.40. The molecule has 0 atom stereocenters. The Bertz CT molecular complexity index is 591. The average molecular weight is 257 g/mol. The van der Waals surface area contributed by atoms with Crippen molar-refractivity contribution in [1.29, 1.82) is 0 Å². The number of nitrogens with two attached hydrogens (primary N) is 1. The lowest BCUT2D eigenvalue weighted by Gasteiger charge is -2.33. The summed E-state index contributed by atoms with van der Waals surface area (Å²) in [5.74, 6) is 1.09. The smallest absolute Gasteiger partial charge is 0.130 e. The van der Waals surface area contributed by atoms with Gasteiger partial charge in [-0.05, 0) is 44.4 Å². The summed E-state index contributed by atoms with van der Waals surface area (Å²) in [4.78, 5) is 4.88. The molecule has 102 valence electrons. The lowest BCUT2D eigenvalue weighted by molar-refractivity contribution is 0.279. The molecular formula is C16H23N3. The number of nitrogens with zero attached hydrogens (tertiary/aromatic N) is 2. The van der Waals surface area contributed by atoms with Gasteiger partial charge in [-0.15, -0.1) is 0 Å². The first kappa shape index (κ1) is 12.7. The van der Waals surface area contributed by atoms with Gasteiger partial charge in [-0.25, -0.2) is 4.98 Å². The maximum Gasteiger partial charge on any atom is 0.130 e. The molecule has 1 heterocycles. The summed E-state index contributed by atoms with van der Waals surface area (Å²) in [6, 6.07) is 6.50. The molecule has 0 amide bonds. The molecule has 19 heavy (non-hydrogen) atoms. The van der Waals surface area contributed by atoms with Gasteiger partial charge in [0.1, 0.15) is 5.82 Å². The van der Waals surface area contributed by atoms with Crippen LogP contribution in [-0.4, -0.2) is 9.55 Å². The SMILES string of the molecule is CCn1c(C2(N)CCCCC2)nc2cc(C)ccc21. The molecule has 0 spiro atoms. The zero-order valence-corrected chi connectivity index (χ0v) is 11.9. The van der Waals surface area contributed by atoms with Crippen molar-refractivity contribution >= 4 is 11.0 Å². The molecule has 1 aromatic carbocycles. The molecule has 1 fully saturated rings. The van der Waals surface area contributed by atoms with Gasteiger partial charge in [-0.1, -0.05) is 25.3 Å². The van der Waals surface area contributed by atoms with Crippen LogP contribution in [0.2, 0.25) is 0 Å². The molecule has 1 aliphatic rings. The minimum atomic E-state index is -0.221. The second-order valence-corrected chi connectivity index (χ2v) is 5.89. The molecule has 3 nitrogen and oxygen atoms in total. The fourth-order valence-corrected chi connectivity index (χ4v) is 3.35. The van der Waals surface area contributed by atoms with Gasteiger partial charge in [-0.3, -0.25) is 0 Å². The van der Waals surface area contributed by atoms with Gasteiger partial charge in [-0.2, -0.15) is 0 Å². The summed E-state index contributed by atoms with van der Waals surface area (Å²) in [7, 11) is 0. The lowest BCUT2D eigenvalue weighted by Crippen LogP contribution is -2.41. The van der Waals surface area contributed by atoms with Crippen LogP contribution in [0.1, 0.15) is 50.4 Å². The number of aryl methyl sites for hydroxylation is 2. The molecule has 0 bridgehead atoms. The predicted octanol–water partition coefficient (Wildman–Crippen LogP) is 3.48. The van der Waals surface area contributed by atoms with Gasteiger partial charge in [0.15, 0.2) is 0 Å². The molecule has 1 aromatic heterocycles. The number of fused-ring (bicyclic) bond motifs is 1. The van der Waals surface area contributed by atoms with E-state index in [4.69, 9.17) is 10.7 Å². The van der Waals surface area contributed by atoms with Crippen molar-refractivity contribution < 1.29 is 0 Å². The highest BCUT2D eigenvalue weighted by atomic mass is 15.1. The first-order chi connectivity index (χ1) is 9.14. The summed E-state index contributed by atoms with van der Waals surface area (Å²) in [6.07, 6.45) is 5.89. The molecule has 0 radical (unpaired) electrons. The fourth-order valence-electron chi connectivity index (χ4n) is 3.35. The number of aromatic nitrogens is 2. The molecule has 2 N–H and O–H groups in total. The molecule has 0 saturated heterocycles. The van der Waals surface area contributed by atoms with Crippen LogP contribution < -0.4 is 5.73 Å². The van der Waals surface area contributed by atoms with Gasteiger partial charge in [0.2, 0.25) is 0 Å². The van der Waals surface area contributed by atoms with Gasteiger partial charge >= 0.3 is 0 Å². The third kappa shape index (κ3) is 2.06. The van der Waals surface area contributed by atoms with Crippen LogP contribution in [0.5, 0.6) is 0 Å². The van der Waals surface area contributed by atoms with Crippen LogP contribution in [0.3, 0.4) is 0 Å². The van der Waals surface area contributed by atoms with E-state index in [2.05, 4.69) is 36.6 Å². The van der Waals surface area contributed by atoms with Crippen molar-refractivity contribution in [2.75, 3.05) is 0 Å². The van der Waals surface area contributed by atoms with E-state index in [1.54, 1.807) is 0 Å². The molecule has 1 saturated carbocycles. The Labute approximate surface area is 114 Å². The largest absolute Gasteiger partial charge is 0.327 e. The molecular weight excluding hydrogens is 234 g/mol. The third-order valence-electron chi connectivity index (χ3n) is 4.41. The van der Waals surface area contributed by atoms with Crippen molar-refractivity contribution in [3.8, 4) is 0 Å². The Balaban J connectivity index is 2.17. The molecule has 0 unspecified atom stereocenters. The Kier molecular flexibility index (Phi) is 3.09. The predicted molar refractivity (Wildman–Crippen MR) is 79.1 cm³/mol. The number of imidazole rings is 1. The fraction of sp³-hybridized carbons (Fsp3) is 0.562. The highest BCUT2D eigenvalue weighted by Gasteiger charge is 2.34. The molecule has 1 aliphatic carbocycles. The second kappa shape index (κ2) is 4.64. The highest BCUT2D eigenvalue weighted by molar-refractivity contribution is 5.77. The van der Waals surface area contributed by atoms with Crippen molar-refractivity contribution in [2.45, 2.75) is 58.0 Å². The normalized spacial score (nSPS) is 18.9. The number of hydrogen-bond donors (Lipinski definition) is 1. The lowest BCUT2D eigenvalue weighted by atomic mass is 9.82. The van der Waals surface area contributed by atoms with Crippen LogP contribution in [0, 0.1) is 6.92 Å². The Morgan fingerprint density at radius 3 is 2.68 bits per heavy atom. The van der Waals surface area contributed by atoms with Crippen molar-refractivity contribution in [3.63, 3.8) is 0 Å². The summed E-state index contributed by atoms with van der Waals surface area (Å²) in [6.45, 7) is 5.23. The van der Waals surface area contributed by atoms with Crippen LogP contribution in [0.25, 0.3) is 11.0 Å². The Hall–Kier alpha value is -1.35. The second-order valence-electron chi connectivity index (χ2n) is 5.89. The highest BCUT2D eigenvalue weighted by Crippen LogP contribution is 2.35. The van der Waals surface area contributed by atoms with Crippen LogP contribution in [0.15, 0.2) is 18.2 Å². The summed E-state index contributed by atoms with van der Waals surface area (Å²) < 4.78 is 2.31. The minimum absolute atomic E-state index is 0.221. The molecule has 3 rings (SSSR count). The molecule has 3 heteroatoms. The number of rotatable bonds is 2. The van der Waals surface area contributed by atoms with Gasteiger partial charge < -0.3 is 10.3 Å². The summed E-state index contributed by atoms with van der Waals surface area (Å²) >= 11 is 0. The first-order valence-electron chi connectivity index (χ1n) is 7.40. The number of hydrogen-bond acceptors (Lipinski definition) is 2. The summed E-state index contributed by atoms with van der Waals surface area (Å²) in [5.41, 5.74) is 10.0. The van der Waals surface area contributed by atoms with E-state index in [0.717, 1.165) is 30.7 Å². The Morgan fingerprint density at radius 2 is 2.00 bits per heavy atom. The zero-order chi connectivity index (χ0) is 13.5. The summed E-state index contributed by atoms with van der Waals surface area (Å²) in [5, 5.41) is 0. The molecule has 2 aromatic rings. The minimum Gasteiger partial charge on any atom is -0.327 e. The van der Waals surface area contributed by atoms with Gasteiger partial charge in [0.25, 0.3) is 0 Å². The van der Waals surface area contributed by atoms with Crippen molar-refractivity contribution in [3.05, 3.63) is 29.6 Å². The van der Waals surface area contributed by atoms with E-state index in [-0.39, 0.29) is 5.54 Å². The quantitative estimate of drug-likeness (QED) is 0.895. The number of benzene rings is 1. The van der Waals surface area contributed by atoms with E-state index < -0.39 is 0 Å². The molecule has 0 aliphatic heterocycles. The van der Waals surface area contributed by atoms with Crippen molar-refractivity contribution in [1.82, 2.24) is 9.55 Å². The van der Waals surface area contributed by atoms with E-state index in [1.807, 2.05) is 0 Å². The maximum atomic E-state index is 6.68. The third-order valence-corrected chi connectivity index (χ3v) is 4.41. The monoisotopic (exact) mass is 257 g/mol.